The lowest BCUT2D eigenvalue weighted by atomic mass is 9.93. The van der Waals surface area contributed by atoms with Crippen LogP contribution in [0.4, 0.5) is 10.1 Å². The van der Waals surface area contributed by atoms with E-state index in [1.165, 1.54) is 12.1 Å². The maximum absolute atomic E-state index is 13.7. The number of hydrogen-bond donors (Lipinski definition) is 2. The number of benzene rings is 1. The number of nitrogens with zero attached hydrogens (tertiary/aromatic N) is 1. The Labute approximate surface area is 120 Å². The number of hydrogen-bond acceptors (Lipinski definition) is 4. The number of sulfonamides is 1. The second-order valence-corrected chi connectivity index (χ2v) is 7.59. The van der Waals surface area contributed by atoms with Crippen molar-refractivity contribution in [3.63, 3.8) is 0 Å². The number of nitrogen functional groups attached to an aromatic ring is 1. The first-order valence-corrected chi connectivity index (χ1v) is 7.72. The number of nitrogens with two attached hydrogens (primary N) is 1. The van der Waals surface area contributed by atoms with Crippen LogP contribution in [0.2, 0.25) is 0 Å². The Morgan fingerprint density at radius 2 is 1.95 bits per heavy atom. The van der Waals surface area contributed by atoms with Gasteiger partial charge in [0, 0.05) is 13.1 Å². The van der Waals surface area contributed by atoms with E-state index >= 15 is 0 Å². The zero-order valence-corrected chi connectivity index (χ0v) is 13.1. The molecule has 114 valence electrons. The highest BCUT2D eigenvalue weighted by Crippen LogP contribution is 2.22. The highest BCUT2D eigenvalue weighted by Gasteiger charge is 2.26. The fourth-order valence-electron chi connectivity index (χ4n) is 2.08. The minimum absolute atomic E-state index is 0.0945. The summed E-state index contributed by atoms with van der Waals surface area (Å²) in [5.74, 6) is -0.845. The molecule has 0 amide bonds. The van der Waals surface area contributed by atoms with Gasteiger partial charge in [0.1, 0.15) is 10.7 Å². The lowest BCUT2D eigenvalue weighted by Gasteiger charge is -2.28. The molecule has 0 aliphatic carbocycles. The van der Waals surface area contributed by atoms with Gasteiger partial charge in [-0.25, -0.2) is 17.5 Å². The van der Waals surface area contributed by atoms with Gasteiger partial charge in [0.2, 0.25) is 10.0 Å². The van der Waals surface area contributed by atoms with Crippen molar-refractivity contribution in [2.24, 2.45) is 5.41 Å². The molecule has 0 aromatic heterocycles. The molecule has 0 atom stereocenters. The van der Waals surface area contributed by atoms with Gasteiger partial charge in [-0.05, 0) is 31.6 Å². The normalized spacial score (nSPS) is 12.9. The van der Waals surface area contributed by atoms with Crippen molar-refractivity contribution >= 4 is 15.7 Å². The van der Waals surface area contributed by atoms with Crippen molar-refractivity contribution in [3.8, 4) is 0 Å². The predicted molar refractivity (Wildman–Crippen MR) is 78.3 cm³/mol. The van der Waals surface area contributed by atoms with Crippen LogP contribution in [0.1, 0.15) is 13.8 Å². The first-order valence-electron chi connectivity index (χ1n) is 6.23. The molecule has 1 rings (SSSR count). The van der Waals surface area contributed by atoms with Crippen molar-refractivity contribution in [1.82, 2.24) is 9.62 Å². The molecule has 7 heteroatoms. The maximum Gasteiger partial charge on any atom is 0.245 e. The Morgan fingerprint density at radius 1 is 1.35 bits per heavy atom. The smallest absolute Gasteiger partial charge is 0.245 e. The minimum atomic E-state index is -3.96. The molecule has 0 saturated carbocycles. The quantitative estimate of drug-likeness (QED) is 0.776. The molecular weight excluding hydrogens is 281 g/mol. The number of anilines is 1. The molecular formula is C13H22FN3O2S. The van der Waals surface area contributed by atoms with Crippen molar-refractivity contribution in [2.75, 3.05) is 32.9 Å². The third-order valence-corrected chi connectivity index (χ3v) is 4.24. The van der Waals surface area contributed by atoms with Crippen LogP contribution in [-0.2, 0) is 10.0 Å². The first kappa shape index (κ1) is 16.9. The van der Waals surface area contributed by atoms with Gasteiger partial charge >= 0.3 is 0 Å². The van der Waals surface area contributed by atoms with Crippen LogP contribution in [0.5, 0.6) is 0 Å². The largest absolute Gasteiger partial charge is 0.398 e. The number of halogens is 1. The summed E-state index contributed by atoms with van der Waals surface area (Å²) in [5.41, 5.74) is 5.18. The zero-order valence-electron chi connectivity index (χ0n) is 12.3. The van der Waals surface area contributed by atoms with E-state index in [2.05, 4.69) is 4.72 Å². The highest BCUT2D eigenvalue weighted by atomic mass is 32.2. The van der Waals surface area contributed by atoms with Gasteiger partial charge in [-0.3, -0.25) is 0 Å². The van der Waals surface area contributed by atoms with Gasteiger partial charge in [0.05, 0.1) is 5.69 Å². The number of rotatable bonds is 6. The molecule has 0 bridgehead atoms. The van der Waals surface area contributed by atoms with Crippen molar-refractivity contribution in [2.45, 2.75) is 18.7 Å². The Bertz CT molecular complexity index is 551. The van der Waals surface area contributed by atoms with Crippen LogP contribution in [0, 0.1) is 11.2 Å². The van der Waals surface area contributed by atoms with Crippen LogP contribution in [0.25, 0.3) is 0 Å². The standard InChI is InChI=1S/C13H22FN3O2S/c1-13(2,9-17(3)4)8-16-20(18,19)12-10(14)6-5-7-11(12)15/h5-7,16H,8-9,15H2,1-4H3. The van der Waals surface area contributed by atoms with E-state index in [0.29, 0.717) is 6.54 Å². The average Bonchev–Trinajstić information content (AvgIpc) is 2.24. The van der Waals surface area contributed by atoms with Crippen LogP contribution < -0.4 is 10.5 Å². The monoisotopic (exact) mass is 303 g/mol. The van der Waals surface area contributed by atoms with Crippen molar-refractivity contribution in [3.05, 3.63) is 24.0 Å². The molecule has 0 fully saturated rings. The zero-order chi connectivity index (χ0) is 15.6. The van der Waals surface area contributed by atoms with E-state index in [9.17, 15) is 12.8 Å². The molecule has 0 radical (unpaired) electrons. The van der Waals surface area contributed by atoms with E-state index in [1.807, 2.05) is 32.8 Å². The predicted octanol–water partition coefficient (Wildman–Crippen LogP) is 1.27. The van der Waals surface area contributed by atoms with Crippen LogP contribution >= 0.6 is 0 Å². The average molecular weight is 303 g/mol. The summed E-state index contributed by atoms with van der Waals surface area (Å²) in [5, 5.41) is 0. The summed E-state index contributed by atoms with van der Waals surface area (Å²) in [6.45, 7) is 4.75. The minimum Gasteiger partial charge on any atom is -0.398 e. The van der Waals surface area contributed by atoms with Gasteiger partial charge in [0.25, 0.3) is 0 Å². The molecule has 5 nitrogen and oxygen atoms in total. The highest BCUT2D eigenvalue weighted by molar-refractivity contribution is 7.89. The molecule has 1 aromatic rings. The lowest BCUT2D eigenvalue weighted by molar-refractivity contribution is 0.242. The lowest BCUT2D eigenvalue weighted by Crippen LogP contribution is -2.40. The fourth-order valence-corrected chi connectivity index (χ4v) is 3.51. The second kappa shape index (κ2) is 6.07. The Kier molecular flexibility index (Phi) is 5.12. The molecule has 20 heavy (non-hydrogen) atoms. The fraction of sp³-hybridized carbons (Fsp3) is 0.538. The summed E-state index contributed by atoms with van der Waals surface area (Å²) >= 11 is 0. The van der Waals surface area contributed by atoms with E-state index < -0.39 is 20.7 Å². The van der Waals surface area contributed by atoms with Crippen molar-refractivity contribution in [1.29, 1.82) is 0 Å². The van der Waals surface area contributed by atoms with Crippen LogP contribution in [0.3, 0.4) is 0 Å². The van der Waals surface area contributed by atoms with E-state index in [1.54, 1.807) is 0 Å². The Hall–Kier alpha value is -1.18. The summed E-state index contributed by atoms with van der Waals surface area (Å²) in [6.07, 6.45) is 0. The topological polar surface area (TPSA) is 75.4 Å². The molecule has 0 spiro atoms. The van der Waals surface area contributed by atoms with Gasteiger partial charge in [-0.1, -0.05) is 19.9 Å². The summed E-state index contributed by atoms with van der Waals surface area (Å²) in [7, 11) is -0.143. The Morgan fingerprint density at radius 3 is 2.45 bits per heavy atom. The third kappa shape index (κ3) is 4.43. The molecule has 3 N–H and O–H groups in total. The van der Waals surface area contributed by atoms with Gasteiger partial charge in [0.15, 0.2) is 0 Å². The maximum atomic E-state index is 13.7. The molecule has 0 unspecified atom stereocenters. The van der Waals surface area contributed by atoms with Gasteiger partial charge in [-0.15, -0.1) is 0 Å². The van der Waals surface area contributed by atoms with Crippen LogP contribution in [0.15, 0.2) is 23.1 Å². The van der Waals surface area contributed by atoms with Gasteiger partial charge in [-0.2, -0.15) is 0 Å². The van der Waals surface area contributed by atoms with Crippen LogP contribution in [-0.4, -0.2) is 40.5 Å². The van der Waals surface area contributed by atoms with E-state index in [-0.39, 0.29) is 17.6 Å². The summed E-state index contributed by atoms with van der Waals surface area (Å²) in [4.78, 5) is 1.48. The van der Waals surface area contributed by atoms with E-state index in [0.717, 1.165) is 6.07 Å². The SMILES string of the molecule is CN(C)CC(C)(C)CNS(=O)(=O)c1c(N)cccc1F. The van der Waals surface area contributed by atoms with Gasteiger partial charge < -0.3 is 10.6 Å². The molecule has 0 heterocycles. The summed E-state index contributed by atoms with van der Waals surface area (Å²) in [6, 6.07) is 3.82. The second-order valence-electron chi connectivity index (χ2n) is 5.88. The molecule has 0 saturated heterocycles. The third-order valence-electron chi connectivity index (χ3n) is 2.75. The van der Waals surface area contributed by atoms with Crippen molar-refractivity contribution < 1.29 is 12.8 Å². The molecule has 1 aromatic carbocycles. The first-order chi connectivity index (χ1) is 9.05. The molecule has 0 aliphatic heterocycles. The van der Waals surface area contributed by atoms with E-state index in [4.69, 9.17) is 5.73 Å². The number of nitrogens with one attached hydrogen (secondary N) is 1. The Balaban J connectivity index is 2.92. The molecule has 0 aliphatic rings. The summed E-state index contributed by atoms with van der Waals surface area (Å²) < 4.78 is 40.4.